The summed E-state index contributed by atoms with van der Waals surface area (Å²) in [6.07, 6.45) is -3.79. The standard InChI is InChI=1S/C16H17F3N2O2/c1-3-9-8-23-15-12(21(9)4-2)6-5-11-14(15)10(16(17,18)19)7-13(22)20-11/h5-7,9H,3-4,8H2,1-2H3,(H,20,22). The minimum Gasteiger partial charge on any atom is -0.489 e. The fourth-order valence-electron chi connectivity index (χ4n) is 3.14. The van der Waals surface area contributed by atoms with E-state index in [4.69, 9.17) is 4.74 Å². The fourth-order valence-corrected chi connectivity index (χ4v) is 3.14. The second-order valence-electron chi connectivity index (χ2n) is 5.54. The SMILES string of the molecule is CCC1COc2c(ccc3[nH]c(=O)cc(C(F)(F)F)c23)N1CC. The van der Waals surface area contributed by atoms with Gasteiger partial charge in [-0.2, -0.15) is 13.2 Å². The molecule has 1 aliphatic heterocycles. The molecule has 1 unspecified atom stereocenters. The van der Waals surface area contributed by atoms with E-state index in [1.807, 2.05) is 18.7 Å². The molecule has 0 bridgehead atoms. The van der Waals surface area contributed by atoms with Crippen molar-refractivity contribution >= 4 is 16.6 Å². The Labute approximate surface area is 130 Å². The molecule has 0 amide bonds. The highest BCUT2D eigenvalue weighted by Gasteiger charge is 2.37. The van der Waals surface area contributed by atoms with Crippen LogP contribution >= 0.6 is 0 Å². The van der Waals surface area contributed by atoms with Crippen LogP contribution in [0.1, 0.15) is 25.8 Å². The number of fused-ring (bicyclic) bond motifs is 3. The number of aromatic amines is 1. The van der Waals surface area contributed by atoms with Crippen molar-refractivity contribution < 1.29 is 17.9 Å². The number of anilines is 1. The van der Waals surface area contributed by atoms with E-state index in [1.54, 1.807) is 6.07 Å². The molecule has 3 rings (SSSR count). The third kappa shape index (κ3) is 2.54. The summed E-state index contributed by atoms with van der Waals surface area (Å²) in [6.45, 7) is 4.97. The first-order chi connectivity index (χ1) is 10.9. The lowest BCUT2D eigenvalue weighted by Crippen LogP contribution is -2.42. The van der Waals surface area contributed by atoms with Gasteiger partial charge in [-0.05, 0) is 25.5 Å². The third-order valence-electron chi connectivity index (χ3n) is 4.23. The van der Waals surface area contributed by atoms with Crippen molar-refractivity contribution in [2.75, 3.05) is 18.1 Å². The zero-order valence-electron chi connectivity index (χ0n) is 12.8. The maximum Gasteiger partial charge on any atom is 0.417 e. The van der Waals surface area contributed by atoms with Gasteiger partial charge in [-0.15, -0.1) is 0 Å². The van der Waals surface area contributed by atoms with Gasteiger partial charge in [0, 0.05) is 12.6 Å². The Morgan fingerprint density at radius 3 is 2.70 bits per heavy atom. The molecule has 1 aromatic heterocycles. The average Bonchev–Trinajstić information content (AvgIpc) is 2.51. The van der Waals surface area contributed by atoms with Crippen LogP contribution in [0.15, 0.2) is 23.0 Å². The van der Waals surface area contributed by atoms with Crippen LogP contribution in [-0.4, -0.2) is 24.2 Å². The maximum absolute atomic E-state index is 13.4. The van der Waals surface area contributed by atoms with Gasteiger partial charge in [0.25, 0.3) is 0 Å². The lowest BCUT2D eigenvalue weighted by Gasteiger charge is -2.38. The van der Waals surface area contributed by atoms with Gasteiger partial charge in [-0.25, -0.2) is 0 Å². The summed E-state index contributed by atoms with van der Waals surface area (Å²) < 4.78 is 45.8. The summed E-state index contributed by atoms with van der Waals surface area (Å²) >= 11 is 0. The summed E-state index contributed by atoms with van der Waals surface area (Å²) in [6, 6.07) is 3.93. The van der Waals surface area contributed by atoms with E-state index in [1.165, 1.54) is 6.07 Å². The van der Waals surface area contributed by atoms with Crippen LogP contribution in [0.2, 0.25) is 0 Å². The Morgan fingerprint density at radius 1 is 1.35 bits per heavy atom. The molecule has 1 atom stereocenters. The molecule has 0 saturated heterocycles. The van der Waals surface area contributed by atoms with Gasteiger partial charge in [0.05, 0.1) is 28.2 Å². The molecule has 0 fully saturated rings. The second kappa shape index (κ2) is 5.47. The molecular weight excluding hydrogens is 309 g/mol. The largest absolute Gasteiger partial charge is 0.489 e. The van der Waals surface area contributed by atoms with Crippen molar-refractivity contribution in [3.05, 3.63) is 34.1 Å². The van der Waals surface area contributed by atoms with Crippen molar-refractivity contribution in [2.45, 2.75) is 32.5 Å². The molecule has 23 heavy (non-hydrogen) atoms. The summed E-state index contributed by atoms with van der Waals surface area (Å²) in [7, 11) is 0. The van der Waals surface area contributed by atoms with E-state index in [-0.39, 0.29) is 22.7 Å². The predicted octanol–water partition coefficient (Wildman–Crippen LogP) is 3.54. The maximum atomic E-state index is 13.4. The Balaban J connectivity index is 2.34. The summed E-state index contributed by atoms with van der Waals surface area (Å²) in [5, 5.41) is -0.0809. The minimum absolute atomic E-state index is 0.0809. The van der Waals surface area contributed by atoms with Crippen LogP contribution in [0, 0.1) is 0 Å². The highest BCUT2D eigenvalue weighted by molar-refractivity contribution is 5.94. The molecule has 0 aliphatic carbocycles. The first-order valence-electron chi connectivity index (χ1n) is 7.53. The number of hydrogen-bond donors (Lipinski definition) is 1. The summed E-state index contributed by atoms with van der Waals surface area (Å²) in [4.78, 5) is 16.0. The van der Waals surface area contributed by atoms with E-state index in [0.717, 1.165) is 6.42 Å². The molecule has 1 aromatic carbocycles. The van der Waals surface area contributed by atoms with E-state index < -0.39 is 17.3 Å². The van der Waals surface area contributed by atoms with E-state index >= 15 is 0 Å². The Hall–Kier alpha value is -2.18. The third-order valence-corrected chi connectivity index (χ3v) is 4.23. The highest BCUT2D eigenvalue weighted by atomic mass is 19.4. The number of nitrogens with one attached hydrogen (secondary N) is 1. The zero-order valence-corrected chi connectivity index (χ0v) is 12.8. The zero-order chi connectivity index (χ0) is 16.8. The fraction of sp³-hybridized carbons (Fsp3) is 0.438. The molecule has 0 radical (unpaired) electrons. The quantitative estimate of drug-likeness (QED) is 0.918. The minimum atomic E-state index is -4.62. The number of halogens is 3. The van der Waals surface area contributed by atoms with Crippen LogP contribution in [0.5, 0.6) is 5.75 Å². The van der Waals surface area contributed by atoms with Crippen molar-refractivity contribution in [2.24, 2.45) is 0 Å². The van der Waals surface area contributed by atoms with Gasteiger partial charge in [-0.1, -0.05) is 6.92 Å². The highest BCUT2D eigenvalue weighted by Crippen LogP contribution is 2.44. The van der Waals surface area contributed by atoms with Crippen molar-refractivity contribution in [3.8, 4) is 5.75 Å². The topological polar surface area (TPSA) is 45.3 Å². The van der Waals surface area contributed by atoms with Crippen LogP contribution in [0.3, 0.4) is 0 Å². The number of aromatic nitrogens is 1. The average molecular weight is 326 g/mol. The van der Waals surface area contributed by atoms with Crippen LogP contribution < -0.4 is 15.2 Å². The van der Waals surface area contributed by atoms with Crippen LogP contribution in [-0.2, 0) is 6.18 Å². The number of hydrogen-bond acceptors (Lipinski definition) is 3. The lowest BCUT2D eigenvalue weighted by molar-refractivity contribution is -0.136. The predicted molar refractivity (Wildman–Crippen MR) is 82.2 cm³/mol. The molecule has 7 heteroatoms. The molecule has 4 nitrogen and oxygen atoms in total. The van der Waals surface area contributed by atoms with Gasteiger partial charge in [0.1, 0.15) is 6.61 Å². The lowest BCUT2D eigenvalue weighted by atomic mass is 10.0. The van der Waals surface area contributed by atoms with Gasteiger partial charge in [0.15, 0.2) is 5.75 Å². The number of rotatable bonds is 2. The normalized spacial score (nSPS) is 18.0. The first kappa shape index (κ1) is 15.7. The van der Waals surface area contributed by atoms with E-state index in [9.17, 15) is 18.0 Å². The molecule has 0 saturated carbocycles. The van der Waals surface area contributed by atoms with Gasteiger partial charge in [0.2, 0.25) is 5.56 Å². The Bertz CT molecular complexity index is 798. The number of alkyl halides is 3. The van der Waals surface area contributed by atoms with E-state index in [0.29, 0.717) is 24.9 Å². The summed E-state index contributed by atoms with van der Waals surface area (Å²) in [5.74, 6) is 0.192. The number of pyridine rings is 1. The number of benzene rings is 1. The number of ether oxygens (including phenoxy) is 1. The first-order valence-corrected chi connectivity index (χ1v) is 7.53. The van der Waals surface area contributed by atoms with Crippen molar-refractivity contribution in [3.63, 3.8) is 0 Å². The van der Waals surface area contributed by atoms with Gasteiger partial charge >= 0.3 is 6.18 Å². The molecule has 0 spiro atoms. The molecule has 2 aromatic rings. The second-order valence-corrected chi connectivity index (χ2v) is 5.54. The number of H-pyrrole nitrogens is 1. The van der Waals surface area contributed by atoms with Crippen LogP contribution in [0.4, 0.5) is 18.9 Å². The smallest absolute Gasteiger partial charge is 0.417 e. The monoisotopic (exact) mass is 326 g/mol. The molecule has 124 valence electrons. The molecule has 2 heterocycles. The Morgan fingerprint density at radius 2 is 2.09 bits per heavy atom. The number of likely N-dealkylation sites (N-methyl/N-ethyl adjacent to an activating group) is 1. The van der Waals surface area contributed by atoms with Crippen molar-refractivity contribution in [1.29, 1.82) is 0 Å². The summed E-state index contributed by atoms with van der Waals surface area (Å²) in [5.41, 5.74) is -0.969. The molecule has 1 N–H and O–H groups in total. The van der Waals surface area contributed by atoms with E-state index in [2.05, 4.69) is 4.98 Å². The van der Waals surface area contributed by atoms with Gasteiger partial charge < -0.3 is 14.6 Å². The van der Waals surface area contributed by atoms with Crippen molar-refractivity contribution in [1.82, 2.24) is 4.98 Å². The molecule has 1 aliphatic rings. The Kier molecular flexibility index (Phi) is 3.74. The van der Waals surface area contributed by atoms with Crippen LogP contribution in [0.25, 0.3) is 10.9 Å². The van der Waals surface area contributed by atoms with Gasteiger partial charge in [-0.3, -0.25) is 4.79 Å². The molecular formula is C16H17F3N2O2. The number of nitrogens with zero attached hydrogens (tertiary/aromatic N) is 1.